The van der Waals surface area contributed by atoms with Gasteiger partial charge in [-0.15, -0.1) is 11.3 Å². The summed E-state index contributed by atoms with van der Waals surface area (Å²) >= 11 is 2.79. The summed E-state index contributed by atoms with van der Waals surface area (Å²) < 4.78 is 20.9. The Bertz CT molecular complexity index is 1020. The summed E-state index contributed by atoms with van der Waals surface area (Å²) in [7, 11) is 4.45. The number of thiazole rings is 1. The lowest BCUT2D eigenvalue weighted by atomic mass is 10.2. The van der Waals surface area contributed by atoms with Crippen molar-refractivity contribution in [2.45, 2.75) is 6.92 Å². The number of aryl methyl sites for hydroxylation is 1. The molecular weight excluding hydrogens is 428 g/mol. The standard InChI is InChI=1S/C20H20N2O6S2/c1-11-18(30-19(21-11)12-5-6-29-10-12)20(24)28-9-16(23)22-13-7-14(25-2)17(27-4)15(8-13)26-3/h5-8,10H,9H2,1-4H3,(H,22,23). The number of carbonyl (C=O) groups excluding carboxylic acids is 2. The molecule has 10 heteroatoms. The Hall–Kier alpha value is -3.11. The number of hydrogen-bond acceptors (Lipinski definition) is 9. The van der Waals surface area contributed by atoms with Gasteiger partial charge in [0.1, 0.15) is 9.88 Å². The second-order valence-electron chi connectivity index (χ2n) is 5.98. The number of ether oxygens (including phenoxy) is 4. The van der Waals surface area contributed by atoms with Crippen LogP contribution in [0.3, 0.4) is 0 Å². The first-order valence-corrected chi connectivity index (χ1v) is 10.5. The Kier molecular flexibility index (Phi) is 6.91. The van der Waals surface area contributed by atoms with Gasteiger partial charge in [0.25, 0.3) is 5.91 Å². The third kappa shape index (κ3) is 4.71. The number of carbonyl (C=O) groups is 2. The number of methoxy groups -OCH3 is 3. The maximum absolute atomic E-state index is 12.4. The molecule has 0 spiro atoms. The number of aromatic nitrogens is 1. The van der Waals surface area contributed by atoms with Gasteiger partial charge in [0.2, 0.25) is 5.75 Å². The van der Waals surface area contributed by atoms with Crippen molar-refractivity contribution in [3.63, 3.8) is 0 Å². The van der Waals surface area contributed by atoms with Crippen LogP contribution < -0.4 is 19.5 Å². The van der Waals surface area contributed by atoms with Crippen LogP contribution in [0.5, 0.6) is 17.2 Å². The summed E-state index contributed by atoms with van der Waals surface area (Å²) in [5.41, 5.74) is 1.93. The van der Waals surface area contributed by atoms with Crippen molar-refractivity contribution in [3.05, 3.63) is 39.5 Å². The van der Waals surface area contributed by atoms with Crippen LogP contribution in [0.4, 0.5) is 5.69 Å². The first-order valence-electron chi connectivity index (χ1n) is 8.73. The molecule has 1 aromatic carbocycles. The van der Waals surface area contributed by atoms with E-state index in [-0.39, 0.29) is 0 Å². The van der Waals surface area contributed by atoms with Crippen molar-refractivity contribution in [1.29, 1.82) is 0 Å². The fraction of sp³-hybridized carbons (Fsp3) is 0.250. The van der Waals surface area contributed by atoms with Gasteiger partial charge < -0.3 is 24.3 Å². The summed E-state index contributed by atoms with van der Waals surface area (Å²) in [6, 6.07) is 5.10. The molecule has 1 amide bonds. The number of nitrogens with one attached hydrogen (secondary N) is 1. The highest BCUT2D eigenvalue weighted by Gasteiger charge is 2.20. The van der Waals surface area contributed by atoms with Crippen LogP contribution in [0.1, 0.15) is 15.4 Å². The topological polar surface area (TPSA) is 96.0 Å². The first-order chi connectivity index (χ1) is 14.5. The highest BCUT2D eigenvalue weighted by molar-refractivity contribution is 7.17. The Labute approximate surface area is 181 Å². The molecule has 30 heavy (non-hydrogen) atoms. The third-order valence-electron chi connectivity index (χ3n) is 4.03. The molecule has 0 saturated heterocycles. The van der Waals surface area contributed by atoms with Crippen LogP contribution in [0.2, 0.25) is 0 Å². The molecule has 2 aromatic heterocycles. The number of hydrogen-bond donors (Lipinski definition) is 1. The number of nitrogens with zero attached hydrogens (tertiary/aromatic N) is 1. The number of anilines is 1. The molecule has 0 aliphatic heterocycles. The minimum absolute atomic E-state index is 0.372. The molecule has 0 saturated carbocycles. The summed E-state index contributed by atoms with van der Waals surface area (Å²) in [6.07, 6.45) is 0. The zero-order valence-corrected chi connectivity index (χ0v) is 18.4. The van der Waals surface area contributed by atoms with E-state index in [1.165, 1.54) is 32.7 Å². The molecule has 0 fully saturated rings. The van der Waals surface area contributed by atoms with Crippen LogP contribution in [0.15, 0.2) is 29.0 Å². The van der Waals surface area contributed by atoms with E-state index < -0.39 is 18.5 Å². The average Bonchev–Trinajstić information content (AvgIpc) is 3.41. The number of esters is 1. The number of thiophene rings is 1. The lowest BCUT2D eigenvalue weighted by Crippen LogP contribution is -2.21. The van der Waals surface area contributed by atoms with Crippen molar-refractivity contribution in [2.24, 2.45) is 0 Å². The smallest absolute Gasteiger partial charge is 0.350 e. The van der Waals surface area contributed by atoms with Crippen molar-refractivity contribution < 1.29 is 28.5 Å². The number of amides is 1. The van der Waals surface area contributed by atoms with Crippen LogP contribution in [-0.2, 0) is 9.53 Å². The predicted molar refractivity (Wildman–Crippen MR) is 115 cm³/mol. The molecule has 1 N–H and O–H groups in total. The molecule has 0 unspecified atom stereocenters. The third-order valence-corrected chi connectivity index (χ3v) is 5.90. The van der Waals surface area contributed by atoms with Gasteiger partial charge in [0.15, 0.2) is 18.1 Å². The molecule has 0 aliphatic carbocycles. The maximum Gasteiger partial charge on any atom is 0.350 e. The van der Waals surface area contributed by atoms with E-state index in [4.69, 9.17) is 18.9 Å². The van der Waals surface area contributed by atoms with Gasteiger partial charge in [-0.1, -0.05) is 0 Å². The number of benzene rings is 1. The normalized spacial score (nSPS) is 10.4. The molecule has 158 valence electrons. The fourth-order valence-corrected chi connectivity index (χ4v) is 4.31. The molecule has 2 heterocycles. The summed E-state index contributed by atoms with van der Waals surface area (Å²) in [5, 5.41) is 7.29. The van der Waals surface area contributed by atoms with Gasteiger partial charge in [-0.3, -0.25) is 4.79 Å². The van der Waals surface area contributed by atoms with E-state index in [0.717, 1.165) is 10.6 Å². The van der Waals surface area contributed by atoms with Crippen molar-refractivity contribution in [2.75, 3.05) is 33.3 Å². The van der Waals surface area contributed by atoms with Crippen LogP contribution in [-0.4, -0.2) is 44.8 Å². The van der Waals surface area contributed by atoms with Gasteiger partial charge in [-0.2, -0.15) is 11.3 Å². The molecular formula is C20H20N2O6S2. The van der Waals surface area contributed by atoms with Gasteiger partial charge in [0, 0.05) is 28.8 Å². The molecule has 0 aliphatic rings. The monoisotopic (exact) mass is 448 g/mol. The summed E-state index contributed by atoms with van der Waals surface area (Å²) in [4.78, 5) is 29.5. The molecule has 3 aromatic rings. The van der Waals surface area contributed by atoms with E-state index in [1.807, 2.05) is 16.8 Å². The fourth-order valence-electron chi connectivity index (χ4n) is 2.64. The summed E-state index contributed by atoms with van der Waals surface area (Å²) in [6.45, 7) is 1.29. The Balaban J connectivity index is 1.64. The van der Waals surface area contributed by atoms with E-state index in [9.17, 15) is 9.59 Å². The number of rotatable bonds is 8. The SMILES string of the molecule is COc1cc(NC(=O)COC(=O)c2sc(-c3ccsc3)nc2C)cc(OC)c1OC. The van der Waals surface area contributed by atoms with Gasteiger partial charge >= 0.3 is 5.97 Å². The average molecular weight is 449 g/mol. The maximum atomic E-state index is 12.4. The minimum Gasteiger partial charge on any atom is -0.493 e. The molecule has 0 atom stereocenters. The van der Waals surface area contributed by atoms with Crippen molar-refractivity contribution in [1.82, 2.24) is 4.98 Å². The molecule has 0 radical (unpaired) electrons. The zero-order valence-electron chi connectivity index (χ0n) is 16.8. The van der Waals surface area contributed by atoms with Crippen molar-refractivity contribution in [3.8, 4) is 27.8 Å². The Morgan fingerprint density at radius 3 is 2.37 bits per heavy atom. The lowest BCUT2D eigenvalue weighted by molar-refractivity contribution is -0.119. The largest absolute Gasteiger partial charge is 0.493 e. The summed E-state index contributed by atoms with van der Waals surface area (Å²) in [5.74, 6) is 0.103. The van der Waals surface area contributed by atoms with Gasteiger partial charge in [-0.05, 0) is 18.4 Å². The second kappa shape index (κ2) is 9.59. The lowest BCUT2D eigenvalue weighted by Gasteiger charge is -2.14. The van der Waals surface area contributed by atoms with Crippen LogP contribution >= 0.6 is 22.7 Å². The quantitative estimate of drug-likeness (QED) is 0.520. The van der Waals surface area contributed by atoms with Gasteiger partial charge in [-0.25, -0.2) is 9.78 Å². The minimum atomic E-state index is -0.591. The Morgan fingerprint density at radius 1 is 1.10 bits per heavy atom. The molecule has 8 nitrogen and oxygen atoms in total. The van der Waals surface area contributed by atoms with Crippen LogP contribution in [0.25, 0.3) is 10.6 Å². The molecule has 0 bridgehead atoms. The van der Waals surface area contributed by atoms with E-state index in [2.05, 4.69) is 10.3 Å². The van der Waals surface area contributed by atoms with Gasteiger partial charge in [0.05, 0.1) is 27.0 Å². The zero-order chi connectivity index (χ0) is 21.7. The molecule has 3 rings (SSSR count). The predicted octanol–water partition coefficient (Wildman–Crippen LogP) is 4.00. The van der Waals surface area contributed by atoms with E-state index in [1.54, 1.807) is 30.4 Å². The second-order valence-corrected chi connectivity index (χ2v) is 7.76. The highest BCUT2D eigenvalue weighted by atomic mass is 32.1. The first kappa shape index (κ1) is 21.6. The van der Waals surface area contributed by atoms with E-state index in [0.29, 0.717) is 33.5 Å². The van der Waals surface area contributed by atoms with Crippen LogP contribution in [0, 0.1) is 6.92 Å². The van der Waals surface area contributed by atoms with E-state index >= 15 is 0 Å². The van der Waals surface area contributed by atoms with Crippen molar-refractivity contribution >= 4 is 40.2 Å². The highest BCUT2D eigenvalue weighted by Crippen LogP contribution is 2.39. The Morgan fingerprint density at radius 2 is 1.80 bits per heavy atom.